The Kier molecular flexibility index (Phi) is 4.29. The zero-order chi connectivity index (χ0) is 16.6. The molecule has 2 heterocycles. The Morgan fingerprint density at radius 2 is 2.00 bits per heavy atom. The fourth-order valence-corrected chi connectivity index (χ4v) is 4.37. The van der Waals surface area contributed by atoms with Crippen molar-refractivity contribution in [3.8, 4) is 0 Å². The minimum atomic E-state index is -0.185. The van der Waals surface area contributed by atoms with Crippen molar-refractivity contribution in [2.75, 3.05) is 19.7 Å². The molecule has 1 spiro atoms. The molecule has 0 bridgehead atoms. The molecular formula is C20H26N2O2. The molecule has 2 unspecified atom stereocenters. The molecule has 1 saturated heterocycles. The Balaban J connectivity index is 1.40. The van der Waals surface area contributed by atoms with Gasteiger partial charge in [-0.2, -0.15) is 0 Å². The number of pyridine rings is 1. The average molecular weight is 326 g/mol. The summed E-state index contributed by atoms with van der Waals surface area (Å²) in [6.45, 7) is 5.68. The second kappa shape index (κ2) is 6.43. The number of aliphatic hydroxyl groups is 1. The van der Waals surface area contributed by atoms with E-state index >= 15 is 0 Å². The van der Waals surface area contributed by atoms with Crippen LogP contribution >= 0.6 is 0 Å². The summed E-state index contributed by atoms with van der Waals surface area (Å²) in [5.74, 6) is 0. The number of ether oxygens (including phenoxy) is 1. The normalized spacial score (nSPS) is 26.6. The zero-order valence-corrected chi connectivity index (χ0v) is 14.3. The van der Waals surface area contributed by atoms with Crippen LogP contribution in [0.5, 0.6) is 0 Å². The highest BCUT2D eigenvalue weighted by Gasteiger charge is 2.55. The van der Waals surface area contributed by atoms with Gasteiger partial charge in [0.25, 0.3) is 0 Å². The molecule has 1 aromatic heterocycles. The summed E-state index contributed by atoms with van der Waals surface area (Å²) in [5, 5.41) is 11.5. The Hall–Kier alpha value is -1.49. The van der Waals surface area contributed by atoms with Crippen LogP contribution in [0.1, 0.15) is 31.9 Å². The number of para-hydroxylation sites is 1. The van der Waals surface area contributed by atoms with Gasteiger partial charge in [0.1, 0.15) is 0 Å². The summed E-state index contributed by atoms with van der Waals surface area (Å²) in [4.78, 5) is 7.24. The van der Waals surface area contributed by atoms with E-state index in [1.54, 1.807) is 0 Å². The van der Waals surface area contributed by atoms with Crippen LogP contribution in [0.2, 0.25) is 0 Å². The third kappa shape index (κ3) is 2.73. The maximum atomic E-state index is 10.3. The number of piperidine rings is 1. The SMILES string of the molecule is CCOC1CC(O)C12CCN(Cc1ccc3ccccc3n1)CC2. The first-order chi connectivity index (χ1) is 11.7. The molecule has 1 saturated carbocycles. The number of aromatic nitrogens is 1. The maximum absolute atomic E-state index is 10.3. The molecule has 2 fully saturated rings. The quantitative estimate of drug-likeness (QED) is 0.938. The van der Waals surface area contributed by atoms with E-state index < -0.39 is 0 Å². The van der Waals surface area contributed by atoms with Gasteiger partial charge >= 0.3 is 0 Å². The minimum Gasteiger partial charge on any atom is -0.392 e. The monoisotopic (exact) mass is 326 g/mol. The highest BCUT2D eigenvalue weighted by molar-refractivity contribution is 5.78. The van der Waals surface area contributed by atoms with Gasteiger partial charge in [0, 0.05) is 30.4 Å². The number of nitrogens with zero attached hydrogens (tertiary/aromatic N) is 2. The summed E-state index contributed by atoms with van der Waals surface area (Å²) in [5.41, 5.74) is 2.19. The minimum absolute atomic E-state index is 0.00330. The Morgan fingerprint density at radius 3 is 2.75 bits per heavy atom. The molecule has 1 aliphatic carbocycles. The van der Waals surface area contributed by atoms with Crippen LogP contribution in [0, 0.1) is 5.41 Å². The van der Waals surface area contributed by atoms with Crippen molar-refractivity contribution in [1.82, 2.24) is 9.88 Å². The van der Waals surface area contributed by atoms with Crippen molar-refractivity contribution in [2.24, 2.45) is 5.41 Å². The molecule has 2 aliphatic rings. The molecule has 4 rings (SSSR count). The molecule has 4 heteroatoms. The first-order valence-corrected chi connectivity index (χ1v) is 9.08. The molecular weight excluding hydrogens is 300 g/mol. The first-order valence-electron chi connectivity index (χ1n) is 9.08. The third-order valence-electron chi connectivity index (χ3n) is 5.94. The molecule has 1 aliphatic heterocycles. The summed E-state index contributed by atoms with van der Waals surface area (Å²) >= 11 is 0. The van der Waals surface area contributed by atoms with Gasteiger partial charge in [-0.05, 0) is 45.0 Å². The van der Waals surface area contributed by atoms with Gasteiger partial charge in [0.05, 0.1) is 23.4 Å². The molecule has 0 amide bonds. The number of aliphatic hydroxyl groups excluding tert-OH is 1. The van der Waals surface area contributed by atoms with E-state index in [2.05, 4.69) is 29.2 Å². The van der Waals surface area contributed by atoms with Crippen LogP contribution in [0.3, 0.4) is 0 Å². The number of fused-ring (bicyclic) bond motifs is 1. The smallest absolute Gasteiger partial charge is 0.0705 e. The molecule has 2 aromatic rings. The summed E-state index contributed by atoms with van der Waals surface area (Å²) in [6, 6.07) is 12.5. The Morgan fingerprint density at radius 1 is 1.21 bits per heavy atom. The van der Waals surface area contributed by atoms with Gasteiger partial charge in [-0.3, -0.25) is 9.88 Å². The van der Waals surface area contributed by atoms with Crippen LogP contribution in [0.25, 0.3) is 10.9 Å². The molecule has 0 radical (unpaired) electrons. The second-order valence-electron chi connectivity index (χ2n) is 7.20. The van der Waals surface area contributed by atoms with Crippen LogP contribution < -0.4 is 0 Å². The molecule has 2 atom stereocenters. The van der Waals surface area contributed by atoms with Crippen molar-refractivity contribution in [3.63, 3.8) is 0 Å². The van der Waals surface area contributed by atoms with Crippen LogP contribution in [-0.4, -0.2) is 46.9 Å². The van der Waals surface area contributed by atoms with Crippen molar-refractivity contribution >= 4 is 10.9 Å². The van der Waals surface area contributed by atoms with E-state index in [0.717, 1.165) is 56.7 Å². The van der Waals surface area contributed by atoms with E-state index in [1.807, 2.05) is 19.1 Å². The number of hydrogen-bond acceptors (Lipinski definition) is 4. The van der Waals surface area contributed by atoms with E-state index in [1.165, 1.54) is 5.39 Å². The summed E-state index contributed by atoms with van der Waals surface area (Å²) in [7, 11) is 0. The van der Waals surface area contributed by atoms with Gasteiger partial charge in [-0.25, -0.2) is 0 Å². The van der Waals surface area contributed by atoms with Crippen LogP contribution in [-0.2, 0) is 11.3 Å². The Labute approximate surface area is 143 Å². The van der Waals surface area contributed by atoms with Gasteiger partial charge < -0.3 is 9.84 Å². The van der Waals surface area contributed by atoms with Gasteiger partial charge in [-0.1, -0.05) is 24.3 Å². The lowest BCUT2D eigenvalue weighted by atomic mass is 9.58. The van der Waals surface area contributed by atoms with Crippen LogP contribution in [0.4, 0.5) is 0 Å². The third-order valence-corrected chi connectivity index (χ3v) is 5.94. The Bertz CT molecular complexity index is 708. The second-order valence-corrected chi connectivity index (χ2v) is 7.20. The average Bonchev–Trinajstić information content (AvgIpc) is 2.62. The molecule has 4 nitrogen and oxygen atoms in total. The number of likely N-dealkylation sites (tertiary alicyclic amines) is 1. The highest BCUT2D eigenvalue weighted by atomic mass is 16.5. The number of rotatable bonds is 4. The lowest BCUT2D eigenvalue weighted by Crippen LogP contribution is -2.62. The van der Waals surface area contributed by atoms with Crippen LogP contribution in [0.15, 0.2) is 36.4 Å². The number of hydrogen-bond donors (Lipinski definition) is 1. The molecule has 24 heavy (non-hydrogen) atoms. The fraction of sp³-hybridized carbons (Fsp3) is 0.550. The maximum Gasteiger partial charge on any atom is 0.0705 e. The summed E-state index contributed by atoms with van der Waals surface area (Å²) in [6.07, 6.45) is 2.91. The first kappa shape index (κ1) is 16.0. The van der Waals surface area contributed by atoms with E-state index in [0.29, 0.717) is 0 Å². The van der Waals surface area contributed by atoms with Crippen molar-refractivity contribution in [1.29, 1.82) is 0 Å². The molecule has 1 N–H and O–H groups in total. The standard InChI is InChI=1S/C20H26N2O2/c1-2-24-19-13-18(23)20(19)9-11-22(12-10-20)14-16-8-7-15-5-3-4-6-17(15)21-16/h3-8,18-19,23H,2,9-14H2,1H3. The highest BCUT2D eigenvalue weighted by Crippen LogP contribution is 2.51. The fourth-order valence-electron chi connectivity index (χ4n) is 4.37. The zero-order valence-electron chi connectivity index (χ0n) is 14.3. The molecule has 128 valence electrons. The molecule has 1 aromatic carbocycles. The van der Waals surface area contributed by atoms with Crippen molar-refractivity contribution in [3.05, 3.63) is 42.1 Å². The lowest BCUT2D eigenvalue weighted by Gasteiger charge is -2.56. The van der Waals surface area contributed by atoms with E-state index in [4.69, 9.17) is 9.72 Å². The van der Waals surface area contributed by atoms with Gasteiger partial charge in [0.2, 0.25) is 0 Å². The topological polar surface area (TPSA) is 45.6 Å². The van der Waals surface area contributed by atoms with Gasteiger partial charge in [0.15, 0.2) is 0 Å². The lowest BCUT2D eigenvalue weighted by molar-refractivity contribution is -0.209. The van der Waals surface area contributed by atoms with E-state index in [9.17, 15) is 5.11 Å². The van der Waals surface area contributed by atoms with Crippen molar-refractivity contribution < 1.29 is 9.84 Å². The van der Waals surface area contributed by atoms with Gasteiger partial charge in [-0.15, -0.1) is 0 Å². The summed E-state index contributed by atoms with van der Waals surface area (Å²) < 4.78 is 5.85. The largest absolute Gasteiger partial charge is 0.392 e. The predicted molar refractivity (Wildman–Crippen MR) is 94.7 cm³/mol. The number of benzene rings is 1. The predicted octanol–water partition coefficient (Wildman–Crippen LogP) is 2.99. The van der Waals surface area contributed by atoms with E-state index in [-0.39, 0.29) is 17.6 Å². The van der Waals surface area contributed by atoms with Crippen molar-refractivity contribution in [2.45, 2.75) is 44.9 Å².